The lowest BCUT2D eigenvalue weighted by Crippen LogP contribution is -2.29. The van der Waals surface area contributed by atoms with E-state index < -0.39 is 0 Å². The third-order valence-electron chi connectivity index (χ3n) is 2.86. The normalized spacial score (nSPS) is 10.4. The first kappa shape index (κ1) is 16.3. The summed E-state index contributed by atoms with van der Waals surface area (Å²) in [6.45, 7) is 3.59. The molecule has 112 valence electrons. The van der Waals surface area contributed by atoms with Crippen LogP contribution in [0.4, 0.5) is 5.69 Å². The van der Waals surface area contributed by atoms with Crippen LogP contribution in [0.1, 0.15) is 12.1 Å². The molecule has 0 saturated heterocycles. The van der Waals surface area contributed by atoms with Gasteiger partial charge in [0.05, 0.1) is 20.9 Å². The van der Waals surface area contributed by atoms with E-state index in [4.69, 9.17) is 23.8 Å². The zero-order valence-electron chi connectivity index (χ0n) is 11.6. The lowest BCUT2D eigenvalue weighted by Gasteiger charge is -2.11. The first-order valence-electron chi connectivity index (χ1n) is 6.55. The summed E-state index contributed by atoms with van der Waals surface area (Å²) in [6.07, 6.45) is 2.91. The number of anilines is 1. The van der Waals surface area contributed by atoms with Crippen LogP contribution >= 0.6 is 39.7 Å². The summed E-state index contributed by atoms with van der Waals surface area (Å²) in [7, 11) is 0. The summed E-state index contributed by atoms with van der Waals surface area (Å²) in [5, 5.41) is 11.8. The molecule has 0 radical (unpaired) electrons. The minimum absolute atomic E-state index is 0.570. The Morgan fingerprint density at radius 3 is 2.86 bits per heavy atom. The van der Waals surface area contributed by atoms with Gasteiger partial charge in [0, 0.05) is 19.3 Å². The number of halogens is 2. The van der Waals surface area contributed by atoms with Gasteiger partial charge in [-0.05, 0) is 53.6 Å². The van der Waals surface area contributed by atoms with Crippen molar-refractivity contribution in [2.45, 2.75) is 19.9 Å². The second-order valence-electron chi connectivity index (χ2n) is 4.54. The maximum Gasteiger partial charge on any atom is 0.170 e. The number of nitrogens with zero attached hydrogens (tertiary/aromatic N) is 2. The number of aryl methyl sites for hydroxylation is 2. The topological polar surface area (TPSA) is 41.9 Å². The Balaban J connectivity index is 1.71. The van der Waals surface area contributed by atoms with E-state index >= 15 is 0 Å². The van der Waals surface area contributed by atoms with Crippen LogP contribution in [-0.4, -0.2) is 21.4 Å². The van der Waals surface area contributed by atoms with Crippen LogP contribution in [-0.2, 0) is 6.54 Å². The highest BCUT2D eigenvalue weighted by Crippen LogP contribution is 2.20. The quantitative estimate of drug-likeness (QED) is 0.601. The summed E-state index contributed by atoms with van der Waals surface area (Å²) in [6, 6.07) is 7.51. The second-order valence-corrected chi connectivity index (χ2v) is 6.21. The maximum absolute atomic E-state index is 6.06. The summed E-state index contributed by atoms with van der Waals surface area (Å²) < 4.78 is 2.96. The zero-order valence-corrected chi connectivity index (χ0v) is 14.7. The molecule has 0 saturated carbocycles. The van der Waals surface area contributed by atoms with Crippen LogP contribution in [0.3, 0.4) is 0 Å². The number of benzene rings is 1. The van der Waals surface area contributed by atoms with E-state index in [9.17, 15) is 0 Å². The Morgan fingerprint density at radius 2 is 2.19 bits per heavy atom. The van der Waals surface area contributed by atoms with Gasteiger partial charge >= 0.3 is 0 Å². The number of hydrogen-bond acceptors (Lipinski definition) is 2. The smallest absolute Gasteiger partial charge is 0.170 e. The van der Waals surface area contributed by atoms with Crippen molar-refractivity contribution >= 4 is 50.5 Å². The van der Waals surface area contributed by atoms with Gasteiger partial charge < -0.3 is 10.6 Å². The van der Waals surface area contributed by atoms with Gasteiger partial charge in [-0.2, -0.15) is 5.10 Å². The van der Waals surface area contributed by atoms with Crippen molar-refractivity contribution in [3.8, 4) is 0 Å². The molecule has 0 aliphatic carbocycles. The van der Waals surface area contributed by atoms with E-state index in [1.807, 2.05) is 42.1 Å². The minimum Gasteiger partial charge on any atom is -0.362 e. The monoisotopic (exact) mass is 386 g/mol. The van der Waals surface area contributed by atoms with E-state index in [-0.39, 0.29) is 0 Å². The van der Waals surface area contributed by atoms with E-state index in [0.29, 0.717) is 10.1 Å². The van der Waals surface area contributed by atoms with Crippen molar-refractivity contribution in [2.75, 3.05) is 11.9 Å². The highest BCUT2D eigenvalue weighted by atomic mass is 79.9. The number of aromatic nitrogens is 2. The van der Waals surface area contributed by atoms with Crippen LogP contribution in [0.5, 0.6) is 0 Å². The average molecular weight is 388 g/mol. The molecule has 1 aromatic carbocycles. The molecule has 0 bridgehead atoms. The number of nitrogens with one attached hydrogen (secondary N) is 2. The van der Waals surface area contributed by atoms with Crippen molar-refractivity contribution in [1.29, 1.82) is 0 Å². The van der Waals surface area contributed by atoms with Crippen molar-refractivity contribution in [1.82, 2.24) is 15.1 Å². The van der Waals surface area contributed by atoms with Crippen LogP contribution in [0, 0.1) is 6.92 Å². The van der Waals surface area contributed by atoms with E-state index in [0.717, 1.165) is 35.4 Å². The maximum atomic E-state index is 6.06. The molecule has 0 spiro atoms. The molecule has 0 aliphatic heterocycles. The molecular weight excluding hydrogens is 372 g/mol. The highest BCUT2D eigenvalue weighted by molar-refractivity contribution is 9.10. The molecule has 1 aromatic heterocycles. The Labute approximate surface area is 143 Å². The summed E-state index contributed by atoms with van der Waals surface area (Å²) in [5.41, 5.74) is 1.81. The molecule has 1 heterocycles. The lowest BCUT2D eigenvalue weighted by atomic mass is 10.3. The molecular formula is C14H16BrClN4S. The fraction of sp³-hybridized carbons (Fsp3) is 0.286. The molecule has 7 heteroatoms. The van der Waals surface area contributed by atoms with E-state index in [1.54, 1.807) is 0 Å². The van der Waals surface area contributed by atoms with Gasteiger partial charge in [-0.3, -0.25) is 4.68 Å². The average Bonchev–Trinajstić information content (AvgIpc) is 2.76. The van der Waals surface area contributed by atoms with Gasteiger partial charge in [-0.15, -0.1) is 0 Å². The predicted molar refractivity (Wildman–Crippen MR) is 95.0 cm³/mol. The Hall–Kier alpha value is -1.11. The third kappa shape index (κ3) is 4.98. The molecule has 0 fully saturated rings. The fourth-order valence-corrected chi connectivity index (χ4v) is 2.49. The van der Waals surface area contributed by atoms with Gasteiger partial charge in [-0.1, -0.05) is 23.7 Å². The van der Waals surface area contributed by atoms with Crippen LogP contribution in [0.2, 0.25) is 5.02 Å². The predicted octanol–water partition coefficient (Wildman–Crippen LogP) is 3.98. The molecule has 21 heavy (non-hydrogen) atoms. The SMILES string of the molecule is Cc1nn(CCCNC(=S)Nc2ccccc2Cl)cc1Br. The van der Waals surface area contributed by atoms with E-state index in [2.05, 4.69) is 31.7 Å². The first-order valence-corrected chi connectivity index (χ1v) is 8.13. The van der Waals surface area contributed by atoms with Crippen molar-refractivity contribution in [3.63, 3.8) is 0 Å². The van der Waals surface area contributed by atoms with E-state index in [1.165, 1.54) is 0 Å². The van der Waals surface area contributed by atoms with Crippen molar-refractivity contribution < 1.29 is 0 Å². The molecule has 4 nitrogen and oxygen atoms in total. The molecule has 2 N–H and O–H groups in total. The Morgan fingerprint density at radius 1 is 1.43 bits per heavy atom. The second kappa shape index (κ2) is 7.77. The number of hydrogen-bond donors (Lipinski definition) is 2. The number of para-hydroxylation sites is 1. The molecule has 0 amide bonds. The molecule has 2 aromatic rings. The zero-order chi connectivity index (χ0) is 15.2. The first-order chi connectivity index (χ1) is 10.1. The minimum atomic E-state index is 0.570. The summed E-state index contributed by atoms with van der Waals surface area (Å²) >= 11 is 14.8. The van der Waals surface area contributed by atoms with Gasteiger partial charge in [-0.25, -0.2) is 0 Å². The third-order valence-corrected chi connectivity index (χ3v) is 4.21. The molecule has 0 unspecified atom stereocenters. The Kier molecular flexibility index (Phi) is 6.02. The van der Waals surface area contributed by atoms with Gasteiger partial charge in [0.15, 0.2) is 5.11 Å². The standard InChI is InChI=1S/C14H16BrClN4S/c1-10-11(15)9-20(19-10)8-4-7-17-14(21)18-13-6-3-2-5-12(13)16/h2-3,5-6,9H,4,7-8H2,1H3,(H2,17,18,21). The summed E-state index contributed by atoms with van der Waals surface area (Å²) in [4.78, 5) is 0. The van der Waals surface area contributed by atoms with Crippen LogP contribution in [0.25, 0.3) is 0 Å². The van der Waals surface area contributed by atoms with Gasteiger partial charge in [0.1, 0.15) is 0 Å². The van der Waals surface area contributed by atoms with Crippen molar-refractivity contribution in [3.05, 3.63) is 45.7 Å². The fourth-order valence-electron chi connectivity index (χ4n) is 1.78. The number of rotatable bonds is 5. The molecule has 0 atom stereocenters. The Bertz CT molecular complexity index is 610. The largest absolute Gasteiger partial charge is 0.362 e. The number of thiocarbonyl (C=S) groups is 1. The van der Waals surface area contributed by atoms with Crippen LogP contribution < -0.4 is 10.6 Å². The van der Waals surface area contributed by atoms with Crippen LogP contribution in [0.15, 0.2) is 34.9 Å². The molecule has 2 rings (SSSR count). The van der Waals surface area contributed by atoms with Gasteiger partial charge in [0.25, 0.3) is 0 Å². The van der Waals surface area contributed by atoms with Gasteiger partial charge in [0.2, 0.25) is 0 Å². The molecule has 0 aliphatic rings. The highest BCUT2D eigenvalue weighted by Gasteiger charge is 2.03. The lowest BCUT2D eigenvalue weighted by molar-refractivity contribution is 0.570. The van der Waals surface area contributed by atoms with Crippen molar-refractivity contribution in [2.24, 2.45) is 0 Å². The summed E-state index contributed by atoms with van der Waals surface area (Å²) in [5.74, 6) is 0.